The van der Waals surface area contributed by atoms with Crippen molar-refractivity contribution in [3.05, 3.63) is 0 Å². The first-order valence-electron chi connectivity index (χ1n) is 7.15. The zero-order valence-electron chi connectivity index (χ0n) is 11.5. The first-order valence-corrected chi connectivity index (χ1v) is 7.15. The third-order valence-electron chi connectivity index (χ3n) is 4.81. The van der Waals surface area contributed by atoms with E-state index in [0.717, 1.165) is 38.1 Å². The van der Waals surface area contributed by atoms with Crippen LogP contribution in [0, 0.1) is 11.8 Å². The van der Waals surface area contributed by atoms with E-state index in [0.29, 0.717) is 0 Å². The summed E-state index contributed by atoms with van der Waals surface area (Å²) >= 11 is 0. The number of likely N-dealkylation sites (N-methyl/N-ethyl adjacent to an activating group) is 1. The molecule has 0 radical (unpaired) electrons. The third kappa shape index (κ3) is 3.01. The summed E-state index contributed by atoms with van der Waals surface area (Å²) in [5.74, 6) is 1.55. The van der Waals surface area contributed by atoms with Crippen LogP contribution in [0.15, 0.2) is 0 Å². The first kappa shape index (κ1) is 13.3. The Hall–Kier alpha value is -0.120. The van der Waals surface area contributed by atoms with E-state index >= 15 is 0 Å². The van der Waals surface area contributed by atoms with Crippen LogP contribution in [0.4, 0.5) is 0 Å². The second-order valence-corrected chi connectivity index (χ2v) is 6.24. The van der Waals surface area contributed by atoms with E-state index in [9.17, 15) is 0 Å². The highest BCUT2D eigenvalue weighted by Crippen LogP contribution is 2.36. The quantitative estimate of drug-likeness (QED) is 0.815. The number of rotatable bonds is 4. The summed E-state index contributed by atoms with van der Waals surface area (Å²) in [5.41, 5.74) is 6.37. The molecule has 1 saturated heterocycles. The Morgan fingerprint density at radius 1 is 1.41 bits per heavy atom. The van der Waals surface area contributed by atoms with Gasteiger partial charge in [-0.1, -0.05) is 19.8 Å². The lowest BCUT2D eigenvalue weighted by atomic mass is 9.75. The average molecular weight is 240 g/mol. The molecule has 2 N–H and O–H groups in total. The van der Waals surface area contributed by atoms with Gasteiger partial charge >= 0.3 is 0 Å². The van der Waals surface area contributed by atoms with Gasteiger partial charge in [0.2, 0.25) is 0 Å². The fourth-order valence-electron chi connectivity index (χ4n) is 3.63. The normalized spacial score (nSPS) is 38.8. The standard InChI is InChI=1S/C14H28N2O/c1-12-4-3-6-14(8-12,11-15)16(2)9-13-5-7-17-10-13/h12-13H,3-11,15H2,1-2H3. The SMILES string of the molecule is CC1CCCC(CN)(N(C)CC2CCOC2)C1. The van der Waals surface area contributed by atoms with Gasteiger partial charge in [-0.3, -0.25) is 4.90 Å². The lowest BCUT2D eigenvalue weighted by Gasteiger charge is -2.47. The van der Waals surface area contributed by atoms with Gasteiger partial charge < -0.3 is 10.5 Å². The summed E-state index contributed by atoms with van der Waals surface area (Å²) in [5, 5.41) is 0. The van der Waals surface area contributed by atoms with Gasteiger partial charge in [0.05, 0.1) is 6.61 Å². The van der Waals surface area contributed by atoms with Gasteiger partial charge in [0.1, 0.15) is 0 Å². The molecule has 0 aromatic heterocycles. The minimum Gasteiger partial charge on any atom is -0.381 e. The Bertz CT molecular complexity index is 240. The van der Waals surface area contributed by atoms with Gasteiger partial charge in [0, 0.05) is 25.2 Å². The van der Waals surface area contributed by atoms with Crippen molar-refractivity contribution in [1.82, 2.24) is 4.90 Å². The van der Waals surface area contributed by atoms with Crippen LogP contribution < -0.4 is 5.73 Å². The van der Waals surface area contributed by atoms with E-state index in [4.69, 9.17) is 10.5 Å². The minimum absolute atomic E-state index is 0.264. The number of nitrogens with two attached hydrogens (primary N) is 1. The summed E-state index contributed by atoms with van der Waals surface area (Å²) in [6.07, 6.45) is 6.48. The molecule has 0 bridgehead atoms. The number of hydrogen-bond acceptors (Lipinski definition) is 3. The third-order valence-corrected chi connectivity index (χ3v) is 4.81. The molecule has 1 aliphatic carbocycles. The first-order chi connectivity index (χ1) is 8.16. The van der Waals surface area contributed by atoms with Crippen LogP contribution >= 0.6 is 0 Å². The predicted octanol–water partition coefficient (Wildman–Crippen LogP) is 1.86. The number of ether oxygens (including phenoxy) is 1. The molecular weight excluding hydrogens is 212 g/mol. The maximum Gasteiger partial charge on any atom is 0.0507 e. The van der Waals surface area contributed by atoms with E-state index < -0.39 is 0 Å². The van der Waals surface area contributed by atoms with Crippen LogP contribution in [0.3, 0.4) is 0 Å². The zero-order chi connectivity index (χ0) is 12.3. The maximum atomic E-state index is 6.10. The molecule has 3 nitrogen and oxygen atoms in total. The highest BCUT2D eigenvalue weighted by atomic mass is 16.5. The van der Waals surface area contributed by atoms with Crippen molar-refractivity contribution in [1.29, 1.82) is 0 Å². The van der Waals surface area contributed by atoms with Crippen LogP contribution in [0.25, 0.3) is 0 Å². The molecule has 2 aliphatic rings. The van der Waals surface area contributed by atoms with Crippen molar-refractivity contribution < 1.29 is 4.74 Å². The Morgan fingerprint density at radius 2 is 2.24 bits per heavy atom. The van der Waals surface area contributed by atoms with Gasteiger partial charge in [0.25, 0.3) is 0 Å². The van der Waals surface area contributed by atoms with E-state index in [1.165, 1.54) is 32.1 Å². The van der Waals surface area contributed by atoms with E-state index in [2.05, 4.69) is 18.9 Å². The molecule has 0 aromatic carbocycles. The largest absolute Gasteiger partial charge is 0.381 e. The van der Waals surface area contributed by atoms with Gasteiger partial charge in [-0.05, 0) is 38.1 Å². The fraction of sp³-hybridized carbons (Fsp3) is 1.00. The minimum atomic E-state index is 0.264. The molecule has 3 heteroatoms. The Balaban J connectivity index is 1.95. The van der Waals surface area contributed by atoms with Crippen LogP contribution in [0.1, 0.15) is 39.0 Å². The summed E-state index contributed by atoms with van der Waals surface area (Å²) in [7, 11) is 2.27. The molecule has 2 fully saturated rings. The molecule has 0 amide bonds. The molecule has 1 saturated carbocycles. The van der Waals surface area contributed by atoms with Gasteiger partial charge in [-0.15, -0.1) is 0 Å². The van der Waals surface area contributed by atoms with Crippen molar-refractivity contribution >= 4 is 0 Å². The summed E-state index contributed by atoms with van der Waals surface area (Å²) in [6.45, 7) is 6.23. The highest BCUT2D eigenvalue weighted by Gasteiger charge is 2.38. The van der Waals surface area contributed by atoms with E-state index in [1.54, 1.807) is 0 Å². The smallest absolute Gasteiger partial charge is 0.0507 e. The second kappa shape index (κ2) is 5.68. The summed E-state index contributed by atoms with van der Waals surface area (Å²) in [6, 6.07) is 0. The van der Waals surface area contributed by atoms with Crippen molar-refractivity contribution in [2.24, 2.45) is 17.6 Å². The van der Waals surface area contributed by atoms with Gasteiger partial charge in [-0.25, -0.2) is 0 Å². The van der Waals surface area contributed by atoms with Gasteiger partial charge in [-0.2, -0.15) is 0 Å². The predicted molar refractivity (Wildman–Crippen MR) is 71.0 cm³/mol. The molecule has 1 aliphatic heterocycles. The molecule has 1 heterocycles. The second-order valence-electron chi connectivity index (χ2n) is 6.24. The van der Waals surface area contributed by atoms with Crippen LogP contribution in [-0.4, -0.2) is 43.8 Å². The van der Waals surface area contributed by atoms with Crippen LogP contribution in [-0.2, 0) is 4.74 Å². The van der Waals surface area contributed by atoms with Crippen molar-refractivity contribution in [2.75, 3.05) is 33.4 Å². The molecule has 0 aromatic rings. The fourth-order valence-corrected chi connectivity index (χ4v) is 3.63. The molecule has 17 heavy (non-hydrogen) atoms. The van der Waals surface area contributed by atoms with Crippen molar-refractivity contribution in [3.8, 4) is 0 Å². The topological polar surface area (TPSA) is 38.5 Å². The summed E-state index contributed by atoms with van der Waals surface area (Å²) < 4.78 is 5.48. The van der Waals surface area contributed by atoms with E-state index in [1.807, 2.05) is 0 Å². The maximum absolute atomic E-state index is 6.10. The van der Waals surface area contributed by atoms with E-state index in [-0.39, 0.29) is 5.54 Å². The molecule has 2 rings (SSSR count). The lowest BCUT2D eigenvalue weighted by Crippen LogP contribution is -2.55. The summed E-state index contributed by atoms with van der Waals surface area (Å²) in [4.78, 5) is 2.54. The Kier molecular flexibility index (Phi) is 4.45. The molecule has 0 spiro atoms. The monoisotopic (exact) mass is 240 g/mol. The lowest BCUT2D eigenvalue weighted by molar-refractivity contribution is 0.0467. The molecule has 100 valence electrons. The van der Waals surface area contributed by atoms with Crippen molar-refractivity contribution in [3.63, 3.8) is 0 Å². The van der Waals surface area contributed by atoms with Gasteiger partial charge in [0.15, 0.2) is 0 Å². The zero-order valence-corrected chi connectivity index (χ0v) is 11.5. The molecule has 3 atom stereocenters. The highest BCUT2D eigenvalue weighted by molar-refractivity contribution is 4.95. The Morgan fingerprint density at radius 3 is 2.82 bits per heavy atom. The molecule has 3 unspecified atom stereocenters. The van der Waals surface area contributed by atoms with Crippen LogP contribution in [0.2, 0.25) is 0 Å². The van der Waals surface area contributed by atoms with Crippen LogP contribution in [0.5, 0.6) is 0 Å². The Labute approximate surface area is 106 Å². The molecular formula is C14H28N2O. The average Bonchev–Trinajstić information content (AvgIpc) is 2.81. The number of hydrogen-bond donors (Lipinski definition) is 1. The number of nitrogens with zero attached hydrogens (tertiary/aromatic N) is 1. The van der Waals surface area contributed by atoms with Crippen molar-refractivity contribution in [2.45, 2.75) is 44.6 Å².